The molecule has 2 aromatic carbocycles. The largest absolute Gasteiger partial charge is 0.317 e. The topological polar surface area (TPSA) is 118 Å². The lowest BCUT2D eigenvalue weighted by molar-refractivity contribution is -0.114. The predicted molar refractivity (Wildman–Crippen MR) is 110 cm³/mol. The second-order valence-electron chi connectivity index (χ2n) is 5.93. The van der Waals surface area contributed by atoms with Crippen molar-refractivity contribution in [3.63, 3.8) is 0 Å². The van der Waals surface area contributed by atoms with Crippen molar-refractivity contribution in [2.45, 2.75) is 6.92 Å². The summed E-state index contributed by atoms with van der Waals surface area (Å²) in [5, 5.41) is 4.38. The van der Waals surface area contributed by atoms with E-state index in [0.717, 1.165) is 18.3 Å². The van der Waals surface area contributed by atoms with E-state index in [4.69, 9.17) is 0 Å². The number of nitrogens with one attached hydrogen (secondary N) is 2. The van der Waals surface area contributed by atoms with Gasteiger partial charge >= 0.3 is 10.5 Å². The van der Waals surface area contributed by atoms with Crippen molar-refractivity contribution in [2.24, 2.45) is 4.36 Å². The van der Waals surface area contributed by atoms with E-state index in [-0.39, 0.29) is 23.1 Å². The molecule has 0 radical (unpaired) electrons. The number of rotatable bonds is 4. The summed E-state index contributed by atoms with van der Waals surface area (Å²) in [6, 6.07) is 12.1. The van der Waals surface area contributed by atoms with Gasteiger partial charge in [0.1, 0.15) is 28.8 Å². The Labute approximate surface area is 181 Å². The fraction of sp³-hybridized carbons (Fsp3) is 0.0500. The van der Waals surface area contributed by atoms with Crippen molar-refractivity contribution >= 4 is 39.5 Å². The highest BCUT2D eigenvalue weighted by atomic mass is 32.2. The van der Waals surface area contributed by atoms with E-state index in [1.165, 1.54) is 31.2 Å². The molecule has 1 aromatic heterocycles. The van der Waals surface area contributed by atoms with E-state index in [1.807, 2.05) is 5.32 Å². The van der Waals surface area contributed by atoms with Gasteiger partial charge in [0.2, 0.25) is 5.91 Å². The van der Waals surface area contributed by atoms with Crippen LogP contribution in [0.25, 0.3) is 0 Å². The summed E-state index contributed by atoms with van der Waals surface area (Å²) in [6.45, 7) is 1.28. The SMILES string of the molecule is CC(=O)Nc1ccc(C(=O)Nc2c(F)ccc(N=S(=O)=O)c2F)cn1.Fc1ccccc1. The van der Waals surface area contributed by atoms with Gasteiger partial charge in [-0.15, -0.1) is 4.36 Å². The van der Waals surface area contributed by atoms with Crippen molar-refractivity contribution in [1.82, 2.24) is 4.98 Å². The fourth-order valence-corrected chi connectivity index (χ4v) is 2.49. The van der Waals surface area contributed by atoms with E-state index in [1.54, 1.807) is 18.2 Å². The Morgan fingerprint density at radius 3 is 2.12 bits per heavy atom. The number of carbonyl (C=O) groups is 2. The molecule has 0 aliphatic carbocycles. The number of halogens is 3. The highest BCUT2D eigenvalue weighted by Gasteiger charge is 2.17. The molecule has 0 fully saturated rings. The molecule has 3 aromatic rings. The monoisotopic (exact) mass is 464 g/mol. The molecule has 1 heterocycles. The molecular formula is C20H15F3N4O4S. The van der Waals surface area contributed by atoms with E-state index >= 15 is 0 Å². The van der Waals surface area contributed by atoms with E-state index in [9.17, 15) is 31.2 Å². The van der Waals surface area contributed by atoms with Gasteiger partial charge < -0.3 is 10.6 Å². The van der Waals surface area contributed by atoms with Crippen LogP contribution in [-0.2, 0) is 15.3 Å². The third-order valence-electron chi connectivity index (χ3n) is 3.55. The Morgan fingerprint density at radius 1 is 0.938 bits per heavy atom. The number of aromatic nitrogens is 1. The molecule has 32 heavy (non-hydrogen) atoms. The van der Waals surface area contributed by atoms with Gasteiger partial charge in [-0.1, -0.05) is 18.2 Å². The Morgan fingerprint density at radius 2 is 1.62 bits per heavy atom. The molecule has 2 N–H and O–H groups in total. The molecule has 12 heteroatoms. The fourth-order valence-electron chi connectivity index (χ4n) is 2.19. The van der Waals surface area contributed by atoms with Gasteiger partial charge in [0.05, 0.1) is 5.56 Å². The molecule has 0 saturated heterocycles. The molecular weight excluding hydrogens is 449 g/mol. The van der Waals surface area contributed by atoms with Crippen LogP contribution >= 0.6 is 0 Å². The zero-order chi connectivity index (χ0) is 23.7. The van der Waals surface area contributed by atoms with Gasteiger partial charge in [0.15, 0.2) is 5.82 Å². The zero-order valence-corrected chi connectivity index (χ0v) is 17.2. The van der Waals surface area contributed by atoms with Crippen LogP contribution < -0.4 is 10.6 Å². The maximum Gasteiger partial charge on any atom is 0.316 e. The van der Waals surface area contributed by atoms with Gasteiger partial charge in [0.25, 0.3) is 5.91 Å². The lowest BCUT2D eigenvalue weighted by Gasteiger charge is -2.09. The molecule has 8 nitrogen and oxygen atoms in total. The molecule has 2 amide bonds. The molecule has 0 atom stereocenters. The minimum atomic E-state index is -2.94. The minimum Gasteiger partial charge on any atom is -0.317 e. The molecule has 0 aliphatic heterocycles. The van der Waals surface area contributed by atoms with Crippen LogP contribution in [0.3, 0.4) is 0 Å². The first-order valence-electron chi connectivity index (χ1n) is 8.72. The minimum absolute atomic E-state index is 0.0392. The molecule has 0 bridgehead atoms. The summed E-state index contributed by atoms with van der Waals surface area (Å²) in [7, 11) is -2.94. The Bertz CT molecular complexity index is 1240. The molecule has 0 saturated carbocycles. The van der Waals surface area contributed by atoms with Gasteiger partial charge in [0, 0.05) is 13.1 Å². The molecule has 0 aliphatic rings. The normalized spacial score (nSPS) is 9.75. The number of carbonyl (C=O) groups excluding carboxylic acids is 2. The standard InChI is InChI=1S/C14H10F2N4O4S.C6H5F/c1-7(21)18-11-5-2-8(6-17-11)14(22)19-13-9(15)3-4-10(12(13)16)20-25(23)24;7-6-4-2-1-3-5-6/h2-6H,1H3,(H,19,22)(H,17,18,21);1-5H. The van der Waals surface area contributed by atoms with Crippen LogP contribution in [0, 0.1) is 17.5 Å². The molecule has 0 unspecified atom stereocenters. The predicted octanol–water partition coefficient (Wildman–Crippen LogP) is 4.09. The average molecular weight is 464 g/mol. The summed E-state index contributed by atoms with van der Waals surface area (Å²) in [4.78, 5) is 26.8. The maximum atomic E-state index is 14.1. The van der Waals surface area contributed by atoms with Crippen LogP contribution in [0.2, 0.25) is 0 Å². The average Bonchev–Trinajstić information content (AvgIpc) is 2.74. The van der Waals surface area contributed by atoms with Gasteiger partial charge in [-0.3, -0.25) is 9.59 Å². The highest BCUT2D eigenvalue weighted by molar-refractivity contribution is 7.61. The second kappa shape index (κ2) is 11.4. The summed E-state index contributed by atoms with van der Waals surface area (Å²) >= 11 is 0. The lowest BCUT2D eigenvalue weighted by Crippen LogP contribution is -2.15. The zero-order valence-electron chi connectivity index (χ0n) is 16.3. The quantitative estimate of drug-likeness (QED) is 0.603. The Balaban J connectivity index is 0.000000439. The number of benzene rings is 2. The number of amides is 2. The first-order valence-corrected chi connectivity index (χ1v) is 9.75. The first-order chi connectivity index (χ1) is 15.2. The van der Waals surface area contributed by atoms with Gasteiger partial charge in [-0.05, 0) is 36.4 Å². The number of hydrogen-bond acceptors (Lipinski definition) is 6. The molecule has 166 valence electrons. The van der Waals surface area contributed by atoms with Crippen LogP contribution in [-0.4, -0.2) is 25.2 Å². The van der Waals surface area contributed by atoms with Crippen molar-refractivity contribution in [1.29, 1.82) is 0 Å². The summed E-state index contributed by atoms with van der Waals surface area (Å²) in [5.41, 5.74) is -1.53. The van der Waals surface area contributed by atoms with Gasteiger partial charge in [-0.2, -0.15) is 8.42 Å². The smallest absolute Gasteiger partial charge is 0.316 e. The molecule has 3 rings (SSSR count). The highest BCUT2D eigenvalue weighted by Crippen LogP contribution is 2.28. The number of nitrogens with zero attached hydrogens (tertiary/aromatic N) is 2. The summed E-state index contributed by atoms with van der Waals surface area (Å²) in [5.74, 6) is -3.67. The van der Waals surface area contributed by atoms with Crippen molar-refractivity contribution < 1.29 is 31.2 Å². The number of hydrogen-bond donors (Lipinski definition) is 2. The second-order valence-corrected chi connectivity index (χ2v) is 6.54. The van der Waals surface area contributed by atoms with E-state index < -0.39 is 39.4 Å². The lowest BCUT2D eigenvalue weighted by atomic mass is 10.2. The van der Waals surface area contributed by atoms with Crippen molar-refractivity contribution in [2.75, 3.05) is 10.6 Å². The van der Waals surface area contributed by atoms with Crippen molar-refractivity contribution in [3.05, 3.63) is 83.8 Å². The van der Waals surface area contributed by atoms with E-state index in [2.05, 4.69) is 14.7 Å². The van der Waals surface area contributed by atoms with Gasteiger partial charge in [-0.25, -0.2) is 18.2 Å². The first kappa shape index (κ1) is 24.2. The van der Waals surface area contributed by atoms with Crippen molar-refractivity contribution in [3.8, 4) is 0 Å². The summed E-state index contributed by atoms with van der Waals surface area (Å²) < 4.78 is 63.7. The van der Waals surface area contributed by atoms with Crippen LogP contribution in [0.4, 0.5) is 30.4 Å². The maximum absolute atomic E-state index is 14.1. The van der Waals surface area contributed by atoms with E-state index in [0.29, 0.717) is 0 Å². The molecule has 0 spiro atoms. The third-order valence-corrected chi connectivity index (χ3v) is 3.89. The Kier molecular flexibility index (Phi) is 8.60. The third kappa shape index (κ3) is 7.32. The summed E-state index contributed by atoms with van der Waals surface area (Å²) in [6.07, 6.45) is 1.09. The van der Waals surface area contributed by atoms with Crippen LogP contribution in [0.1, 0.15) is 17.3 Å². The number of anilines is 2. The Hall–Kier alpha value is -4.06. The van der Waals surface area contributed by atoms with Crippen LogP contribution in [0.15, 0.2) is 65.2 Å². The van der Waals surface area contributed by atoms with Crippen LogP contribution in [0.5, 0.6) is 0 Å². The number of pyridine rings is 1.